The van der Waals surface area contributed by atoms with Gasteiger partial charge in [-0.2, -0.15) is 0 Å². The molecule has 1 saturated heterocycles. The highest BCUT2D eigenvalue weighted by Crippen LogP contribution is 2.19. The van der Waals surface area contributed by atoms with Gasteiger partial charge in [0, 0.05) is 36.6 Å². The lowest BCUT2D eigenvalue weighted by atomic mass is 10.1. The van der Waals surface area contributed by atoms with Crippen LogP contribution in [0.15, 0.2) is 77.8 Å². The number of amides is 1. The lowest BCUT2D eigenvalue weighted by molar-refractivity contribution is 0.0940. The second kappa shape index (κ2) is 8.73. The molecule has 31 heavy (non-hydrogen) atoms. The van der Waals surface area contributed by atoms with Crippen LogP contribution in [0.3, 0.4) is 0 Å². The molecule has 3 aromatic rings. The second-order valence-corrected chi connectivity index (χ2v) is 8.92. The van der Waals surface area contributed by atoms with Gasteiger partial charge in [-0.15, -0.1) is 0 Å². The third-order valence-electron chi connectivity index (χ3n) is 5.00. The lowest BCUT2D eigenvalue weighted by Gasteiger charge is -2.17. The zero-order chi connectivity index (χ0) is 21.8. The number of halogens is 1. The molecule has 1 aliphatic rings. The van der Waals surface area contributed by atoms with Gasteiger partial charge in [0.2, 0.25) is 0 Å². The molecule has 2 heterocycles. The highest BCUT2D eigenvalue weighted by Gasteiger charge is 2.25. The predicted octanol–water partition coefficient (Wildman–Crippen LogP) is 3.03. The molecule has 9 heteroatoms. The topological polar surface area (TPSA) is 91.4 Å². The quantitative estimate of drug-likeness (QED) is 0.615. The molecule has 1 unspecified atom stereocenters. The summed E-state index contributed by atoms with van der Waals surface area (Å²) in [5.41, 5.74) is 0.702. The van der Waals surface area contributed by atoms with Crippen LogP contribution in [0.4, 0.5) is 15.9 Å². The third kappa shape index (κ3) is 5.00. The molecule has 1 fully saturated rings. The van der Waals surface area contributed by atoms with Crippen LogP contribution in [-0.2, 0) is 10.0 Å². The normalized spacial score (nSPS) is 16.2. The minimum atomic E-state index is -3.92. The Hall–Kier alpha value is -3.46. The fourth-order valence-electron chi connectivity index (χ4n) is 3.43. The van der Waals surface area contributed by atoms with Gasteiger partial charge in [-0.25, -0.2) is 17.8 Å². The molecular weight excluding hydrogens is 419 g/mol. The van der Waals surface area contributed by atoms with Crippen molar-refractivity contribution in [3.05, 3.63) is 84.3 Å². The average molecular weight is 441 g/mol. The molecule has 160 valence electrons. The number of benzene rings is 2. The number of sulfonamides is 1. The highest BCUT2D eigenvalue weighted by molar-refractivity contribution is 7.92. The Bertz CT molecular complexity index is 1170. The van der Waals surface area contributed by atoms with E-state index in [1.165, 1.54) is 30.3 Å². The number of nitrogens with one attached hydrogen (secondary N) is 2. The van der Waals surface area contributed by atoms with Crippen LogP contribution in [0.1, 0.15) is 16.8 Å². The maximum Gasteiger partial charge on any atom is 0.261 e. The summed E-state index contributed by atoms with van der Waals surface area (Å²) in [4.78, 5) is 18.9. The van der Waals surface area contributed by atoms with Crippen molar-refractivity contribution in [2.75, 3.05) is 22.7 Å². The number of carbonyl (C=O) groups is 1. The molecule has 7 nitrogen and oxygen atoms in total. The fourth-order valence-corrected chi connectivity index (χ4v) is 4.52. The van der Waals surface area contributed by atoms with Gasteiger partial charge < -0.3 is 10.2 Å². The number of carbonyl (C=O) groups excluding carboxylic acids is 1. The predicted molar refractivity (Wildman–Crippen MR) is 116 cm³/mol. The molecule has 0 radical (unpaired) electrons. The van der Waals surface area contributed by atoms with E-state index in [2.05, 4.69) is 19.9 Å². The van der Waals surface area contributed by atoms with Crippen LogP contribution >= 0.6 is 0 Å². The molecule has 2 aromatic carbocycles. The van der Waals surface area contributed by atoms with E-state index in [0.29, 0.717) is 12.1 Å². The van der Waals surface area contributed by atoms with Crippen LogP contribution in [0, 0.1) is 5.82 Å². The Labute approximate surface area is 180 Å². The van der Waals surface area contributed by atoms with Crippen LogP contribution in [0.2, 0.25) is 0 Å². The summed E-state index contributed by atoms with van der Waals surface area (Å²) in [7, 11) is -3.92. The van der Waals surface area contributed by atoms with Crippen molar-refractivity contribution in [2.45, 2.75) is 17.4 Å². The zero-order valence-electron chi connectivity index (χ0n) is 16.5. The second-order valence-electron chi connectivity index (χ2n) is 7.23. The van der Waals surface area contributed by atoms with E-state index in [9.17, 15) is 17.6 Å². The highest BCUT2D eigenvalue weighted by atomic mass is 32.2. The minimum Gasteiger partial charge on any atom is -0.354 e. The fraction of sp³-hybridized carbons (Fsp3) is 0.182. The van der Waals surface area contributed by atoms with Gasteiger partial charge in [0.1, 0.15) is 11.6 Å². The average Bonchev–Trinajstić information content (AvgIpc) is 3.23. The van der Waals surface area contributed by atoms with Gasteiger partial charge in [-0.05, 0) is 61.0 Å². The Balaban J connectivity index is 1.36. The van der Waals surface area contributed by atoms with Crippen LogP contribution in [0.25, 0.3) is 0 Å². The maximum absolute atomic E-state index is 13.3. The van der Waals surface area contributed by atoms with E-state index in [1.54, 1.807) is 18.3 Å². The first-order valence-corrected chi connectivity index (χ1v) is 11.2. The summed E-state index contributed by atoms with van der Waals surface area (Å²) < 4.78 is 40.5. The van der Waals surface area contributed by atoms with E-state index in [1.807, 2.05) is 18.2 Å². The van der Waals surface area contributed by atoms with Crippen molar-refractivity contribution in [3.8, 4) is 0 Å². The molecule has 1 aromatic heterocycles. The summed E-state index contributed by atoms with van der Waals surface area (Å²) in [6, 6.07) is 16.6. The SMILES string of the molecule is O=C(NC1CCN(c2ccccn2)C1)c1ccc(NS(=O)(=O)c2cccc(F)c2)cc1. The standard InChI is InChI=1S/C22H21FN4O3S/c23-17-4-3-5-20(14-17)31(29,30)26-18-9-7-16(8-10-18)22(28)25-19-11-13-27(15-19)21-6-1-2-12-24-21/h1-10,12,14,19,26H,11,13,15H2,(H,25,28). The van der Waals surface area contributed by atoms with Gasteiger partial charge in [0.15, 0.2) is 0 Å². The van der Waals surface area contributed by atoms with Gasteiger partial charge in [-0.1, -0.05) is 12.1 Å². The molecule has 2 N–H and O–H groups in total. The molecular formula is C22H21FN4O3S. The summed E-state index contributed by atoms with van der Waals surface area (Å²) in [6.07, 6.45) is 2.55. The smallest absolute Gasteiger partial charge is 0.261 e. The first-order valence-electron chi connectivity index (χ1n) is 9.76. The van der Waals surface area contributed by atoms with Crippen LogP contribution in [-0.4, -0.2) is 38.4 Å². The number of rotatable bonds is 6. The van der Waals surface area contributed by atoms with E-state index >= 15 is 0 Å². The number of pyridine rings is 1. The number of hydrogen-bond donors (Lipinski definition) is 2. The van der Waals surface area contributed by atoms with Crippen molar-refractivity contribution < 1.29 is 17.6 Å². The Kier molecular flexibility index (Phi) is 5.85. The minimum absolute atomic E-state index is 0.000613. The largest absolute Gasteiger partial charge is 0.354 e. The third-order valence-corrected chi connectivity index (χ3v) is 6.38. The maximum atomic E-state index is 13.3. The number of anilines is 2. The molecule has 1 atom stereocenters. The van der Waals surface area contributed by atoms with Crippen molar-refractivity contribution in [1.82, 2.24) is 10.3 Å². The summed E-state index contributed by atoms with van der Waals surface area (Å²) in [5.74, 6) is 0.0185. The summed E-state index contributed by atoms with van der Waals surface area (Å²) in [5, 5.41) is 3.01. The van der Waals surface area contributed by atoms with Crippen molar-refractivity contribution in [3.63, 3.8) is 0 Å². The van der Waals surface area contributed by atoms with Gasteiger partial charge in [0.25, 0.3) is 15.9 Å². The van der Waals surface area contributed by atoms with Gasteiger partial charge in [-0.3, -0.25) is 9.52 Å². The Morgan fingerprint density at radius 3 is 2.58 bits per heavy atom. The Morgan fingerprint density at radius 1 is 1.06 bits per heavy atom. The molecule has 4 rings (SSSR count). The first-order chi connectivity index (χ1) is 14.9. The number of nitrogens with zero attached hydrogens (tertiary/aromatic N) is 2. The van der Waals surface area contributed by atoms with Crippen LogP contribution in [0.5, 0.6) is 0 Å². The molecule has 0 saturated carbocycles. The molecule has 1 amide bonds. The van der Waals surface area contributed by atoms with E-state index in [-0.39, 0.29) is 22.5 Å². The summed E-state index contributed by atoms with van der Waals surface area (Å²) >= 11 is 0. The molecule has 0 aliphatic carbocycles. The summed E-state index contributed by atoms with van der Waals surface area (Å²) in [6.45, 7) is 1.48. The molecule has 0 spiro atoms. The van der Waals surface area contributed by atoms with E-state index in [0.717, 1.165) is 24.8 Å². The van der Waals surface area contributed by atoms with E-state index in [4.69, 9.17) is 0 Å². The number of hydrogen-bond acceptors (Lipinski definition) is 5. The van der Waals surface area contributed by atoms with Crippen molar-refractivity contribution >= 4 is 27.4 Å². The molecule has 0 bridgehead atoms. The first kappa shape index (κ1) is 20.8. The monoisotopic (exact) mass is 440 g/mol. The van der Waals surface area contributed by atoms with Crippen LogP contribution < -0.4 is 14.9 Å². The Morgan fingerprint density at radius 2 is 1.87 bits per heavy atom. The van der Waals surface area contributed by atoms with Gasteiger partial charge >= 0.3 is 0 Å². The zero-order valence-corrected chi connectivity index (χ0v) is 17.3. The molecule has 1 aliphatic heterocycles. The van der Waals surface area contributed by atoms with Crippen molar-refractivity contribution in [2.24, 2.45) is 0 Å². The van der Waals surface area contributed by atoms with Gasteiger partial charge in [0.05, 0.1) is 4.90 Å². The van der Waals surface area contributed by atoms with E-state index < -0.39 is 15.8 Å². The van der Waals surface area contributed by atoms with Crippen molar-refractivity contribution in [1.29, 1.82) is 0 Å². The lowest BCUT2D eigenvalue weighted by Crippen LogP contribution is -2.37. The number of aromatic nitrogens is 1.